The average Bonchev–Trinajstić information content (AvgIpc) is 2.41. The van der Waals surface area contributed by atoms with Crippen LogP contribution in [0, 0.1) is 10.1 Å². The number of nitrogens with one attached hydrogen (secondary N) is 1. The lowest BCUT2D eigenvalue weighted by Gasteiger charge is -2.08. The van der Waals surface area contributed by atoms with Crippen molar-refractivity contribution >= 4 is 23.1 Å². The Kier molecular flexibility index (Phi) is 3.82. The van der Waals surface area contributed by atoms with Crippen LogP contribution in [0.1, 0.15) is 0 Å². The Morgan fingerprint density at radius 2 is 2.16 bits per heavy atom. The monoisotopic (exact) mass is 279 g/mol. The van der Waals surface area contributed by atoms with Crippen LogP contribution in [-0.4, -0.2) is 17.0 Å². The van der Waals surface area contributed by atoms with Gasteiger partial charge in [-0.3, -0.25) is 10.1 Å². The second kappa shape index (κ2) is 5.53. The Bertz CT molecular complexity index is 619. The lowest BCUT2D eigenvalue weighted by atomic mass is 10.3. The van der Waals surface area contributed by atoms with Gasteiger partial charge in [-0.25, -0.2) is 4.98 Å². The summed E-state index contributed by atoms with van der Waals surface area (Å²) in [5.41, 5.74) is -0.0812. The number of anilines is 1. The Hall–Kier alpha value is -2.34. The maximum atomic E-state index is 10.7. The van der Waals surface area contributed by atoms with Gasteiger partial charge in [-0.2, -0.15) is 0 Å². The topological polar surface area (TPSA) is 77.3 Å². The van der Waals surface area contributed by atoms with E-state index in [-0.39, 0.29) is 11.4 Å². The number of hydrogen-bond donors (Lipinski definition) is 1. The van der Waals surface area contributed by atoms with E-state index in [4.69, 9.17) is 16.3 Å². The fraction of sp³-hybridized carbons (Fsp3) is 0.0833. The molecule has 0 fully saturated rings. The third-order valence-corrected chi connectivity index (χ3v) is 2.65. The smallest absolute Gasteiger partial charge is 0.273 e. The quantitative estimate of drug-likeness (QED) is 0.685. The highest BCUT2D eigenvalue weighted by Gasteiger charge is 2.11. The number of nitrogens with zero attached hydrogens (tertiary/aromatic N) is 2. The van der Waals surface area contributed by atoms with Crippen molar-refractivity contribution in [3.63, 3.8) is 0 Å². The molecule has 6 nitrogen and oxygen atoms in total. The number of halogens is 1. The summed E-state index contributed by atoms with van der Waals surface area (Å²) in [5.74, 6) is 1.34. The molecule has 7 heteroatoms. The van der Waals surface area contributed by atoms with Gasteiger partial charge in [0.15, 0.2) is 5.75 Å². The summed E-state index contributed by atoms with van der Waals surface area (Å²) in [6.45, 7) is 0. The largest absolute Gasteiger partial charge is 0.455 e. The Morgan fingerprint density at radius 1 is 1.37 bits per heavy atom. The molecule has 2 aromatic rings. The minimum Gasteiger partial charge on any atom is -0.455 e. The number of benzene rings is 1. The predicted molar refractivity (Wildman–Crippen MR) is 72.0 cm³/mol. The Morgan fingerprint density at radius 3 is 2.84 bits per heavy atom. The van der Waals surface area contributed by atoms with Gasteiger partial charge in [-0.05, 0) is 12.1 Å². The first kappa shape index (κ1) is 13.1. The van der Waals surface area contributed by atoms with E-state index in [2.05, 4.69) is 10.3 Å². The molecule has 2 rings (SSSR count). The number of ether oxygens (including phenoxy) is 1. The molecule has 98 valence electrons. The first-order chi connectivity index (χ1) is 9.10. The number of hydrogen-bond acceptors (Lipinski definition) is 5. The lowest BCUT2D eigenvalue weighted by molar-refractivity contribution is -0.384. The lowest BCUT2D eigenvalue weighted by Crippen LogP contribution is -1.93. The molecule has 0 aliphatic heterocycles. The van der Waals surface area contributed by atoms with Gasteiger partial charge in [0.25, 0.3) is 5.69 Å². The number of nitro groups is 1. The van der Waals surface area contributed by atoms with E-state index >= 15 is 0 Å². The molecule has 0 aliphatic carbocycles. The summed E-state index contributed by atoms with van der Waals surface area (Å²) in [4.78, 5) is 14.2. The first-order valence-corrected chi connectivity index (χ1v) is 5.73. The molecule has 0 unspecified atom stereocenters. The molecule has 0 amide bonds. The standard InChI is InChI=1S/C12H10ClN3O3/c1-14-12-7-9(4-5-15-12)19-11-6-8(16(17)18)2-3-10(11)13/h2-7H,1H3,(H,14,15). The van der Waals surface area contributed by atoms with Gasteiger partial charge in [0.05, 0.1) is 16.0 Å². The molecule has 0 atom stereocenters. The van der Waals surface area contributed by atoms with Crippen molar-refractivity contribution in [1.29, 1.82) is 0 Å². The summed E-state index contributed by atoms with van der Waals surface area (Å²) < 4.78 is 5.53. The normalized spacial score (nSPS) is 10.0. The van der Waals surface area contributed by atoms with Crippen molar-refractivity contribution in [2.24, 2.45) is 0 Å². The van der Waals surface area contributed by atoms with Crippen LogP contribution in [0.25, 0.3) is 0 Å². The van der Waals surface area contributed by atoms with Gasteiger partial charge in [0.2, 0.25) is 0 Å². The molecule has 0 radical (unpaired) electrons. The third-order valence-electron chi connectivity index (χ3n) is 2.34. The first-order valence-electron chi connectivity index (χ1n) is 5.36. The molecule has 1 heterocycles. The summed E-state index contributed by atoms with van der Waals surface area (Å²) in [7, 11) is 1.73. The van der Waals surface area contributed by atoms with Gasteiger partial charge < -0.3 is 10.1 Å². The third kappa shape index (κ3) is 3.11. The molecule has 1 N–H and O–H groups in total. The van der Waals surface area contributed by atoms with Crippen molar-refractivity contribution < 1.29 is 9.66 Å². The predicted octanol–water partition coefficient (Wildman–Crippen LogP) is 3.48. The van der Waals surface area contributed by atoms with Crippen molar-refractivity contribution in [2.75, 3.05) is 12.4 Å². The van der Waals surface area contributed by atoms with Gasteiger partial charge in [0.1, 0.15) is 11.6 Å². The van der Waals surface area contributed by atoms with E-state index in [1.54, 1.807) is 25.4 Å². The molecular weight excluding hydrogens is 270 g/mol. The second-order valence-corrected chi connectivity index (χ2v) is 4.01. The minimum atomic E-state index is -0.505. The number of rotatable bonds is 4. The highest BCUT2D eigenvalue weighted by atomic mass is 35.5. The van der Waals surface area contributed by atoms with Crippen LogP contribution in [0.4, 0.5) is 11.5 Å². The van der Waals surface area contributed by atoms with Crippen molar-refractivity contribution in [2.45, 2.75) is 0 Å². The number of aromatic nitrogens is 1. The van der Waals surface area contributed by atoms with Gasteiger partial charge in [0, 0.05) is 25.4 Å². The number of nitro benzene ring substituents is 1. The second-order valence-electron chi connectivity index (χ2n) is 3.60. The SMILES string of the molecule is CNc1cc(Oc2cc([N+](=O)[O-])ccc2Cl)ccn1. The van der Waals surface area contributed by atoms with E-state index in [1.807, 2.05) is 0 Å². The van der Waals surface area contributed by atoms with Crippen LogP contribution < -0.4 is 10.1 Å². The zero-order chi connectivity index (χ0) is 13.8. The highest BCUT2D eigenvalue weighted by Crippen LogP contribution is 2.33. The minimum absolute atomic E-state index is 0.0812. The molecular formula is C12H10ClN3O3. The zero-order valence-electron chi connectivity index (χ0n) is 9.96. The fourth-order valence-corrected chi connectivity index (χ4v) is 1.58. The van der Waals surface area contributed by atoms with Crippen LogP contribution in [0.15, 0.2) is 36.5 Å². The van der Waals surface area contributed by atoms with E-state index in [1.165, 1.54) is 18.2 Å². The van der Waals surface area contributed by atoms with Crippen molar-refractivity contribution in [3.05, 3.63) is 51.7 Å². The number of pyridine rings is 1. The highest BCUT2D eigenvalue weighted by molar-refractivity contribution is 6.32. The van der Waals surface area contributed by atoms with Crippen LogP contribution in [0.3, 0.4) is 0 Å². The molecule has 0 spiro atoms. The van der Waals surface area contributed by atoms with E-state index in [0.717, 1.165) is 0 Å². The van der Waals surface area contributed by atoms with Gasteiger partial charge >= 0.3 is 0 Å². The Labute approximate surface area is 114 Å². The molecule has 19 heavy (non-hydrogen) atoms. The summed E-state index contributed by atoms with van der Waals surface area (Å²) in [5, 5.41) is 13.9. The van der Waals surface area contributed by atoms with Gasteiger partial charge in [-0.1, -0.05) is 11.6 Å². The van der Waals surface area contributed by atoms with Crippen LogP contribution >= 0.6 is 11.6 Å². The maximum Gasteiger partial charge on any atom is 0.273 e. The molecule has 0 bridgehead atoms. The zero-order valence-corrected chi connectivity index (χ0v) is 10.7. The average molecular weight is 280 g/mol. The van der Waals surface area contributed by atoms with Crippen molar-refractivity contribution in [1.82, 2.24) is 4.98 Å². The van der Waals surface area contributed by atoms with Crippen LogP contribution in [0.5, 0.6) is 11.5 Å². The van der Waals surface area contributed by atoms with Gasteiger partial charge in [-0.15, -0.1) is 0 Å². The molecule has 0 aliphatic rings. The van der Waals surface area contributed by atoms with E-state index < -0.39 is 4.92 Å². The molecule has 0 saturated heterocycles. The van der Waals surface area contributed by atoms with Crippen LogP contribution in [-0.2, 0) is 0 Å². The van der Waals surface area contributed by atoms with E-state index in [0.29, 0.717) is 16.6 Å². The number of non-ortho nitro benzene ring substituents is 1. The molecule has 1 aromatic carbocycles. The Balaban J connectivity index is 2.31. The molecule has 0 saturated carbocycles. The summed E-state index contributed by atoms with van der Waals surface area (Å²) in [6.07, 6.45) is 1.56. The summed E-state index contributed by atoms with van der Waals surface area (Å²) in [6, 6.07) is 7.32. The van der Waals surface area contributed by atoms with Crippen molar-refractivity contribution in [3.8, 4) is 11.5 Å². The van der Waals surface area contributed by atoms with E-state index in [9.17, 15) is 10.1 Å². The fourth-order valence-electron chi connectivity index (χ4n) is 1.42. The maximum absolute atomic E-state index is 10.7. The van der Waals surface area contributed by atoms with Crippen LogP contribution in [0.2, 0.25) is 5.02 Å². The molecule has 1 aromatic heterocycles. The summed E-state index contributed by atoms with van der Waals surface area (Å²) >= 11 is 5.95.